The Bertz CT molecular complexity index is 548. The van der Waals surface area contributed by atoms with E-state index in [0.29, 0.717) is 24.6 Å². The van der Waals surface area contributed by atoms with E-state index in [0.717, 1.165) is 12.0 Å². The van der Waals surface area contributed by atoms with E-state index in [2.05, 4.69) is 0 Å². The number of non-ortho nitro benzene ring substituents is 1. The first-order valence-corrected chi connectivity index (χ1v) is 6.70. The summed E-state index contributed by atoms with van der Waals surface area (Å²) in [5, 5.41) is 10.8. The average Bonchev–Trinajstić information content (AvgIpc) is 2.88. The molecule has 1 aliphatic rings. The number of hydrogen-bond donors (Lipinski definition) is 1. The zero-order valence-corrected chi connectivity index (χ0v) is 12.9. The fourth-order valence-corrected chi connectivity index (χ4v) is 2.53. The molecule has 1 aromatic rings. The maximum absolute atomic E-state index is 12.5. The number of rotatable bonds is 3. The lowest BCUT2D eigenvalue weighted by Gasteiger charge is -2.19. The van der Waals surface area contributed by atoms with Gasteiger partial charge in [-0.3, -0.25) is 14.9 Å². The van der Waals surface area contributed by atoms with Crippen molar-refractivity contribution < 1.29 is 9.72 Å². The Morgan fingerprint density at radius 2 is 2.19 bits per heavy atom. The normalized spacial score (nSPS) is 19.0. The lowest BCUT2D eigenvalue weighted by Crippen LogP contribution is -2.33. The van der Waals surface area contributed by atoms with Gasteiger partial charge in [0.1, 0.15) is 0 Å². The number of carbonyl (C=O) groups excluding carboxylic acids is 1. The van der Waals surface area contributed by atoms with Gasteiger partial charge in [-0.15, -0.1) is 12.4 Å². The Morgan fingerprint density at radius 1 is 1.52 bits per heavy atom. The van der Waals surface area contributed by atoms with Gasteiger partial charge >= 0.3 is 0 Å². The van der Waals surface area contributed by atoms with Crippen LogP contribution in [0.2, 0.25) is 0 Å². The van der Waals surface area contributed by atoms with Crippen LogP contribution in [0.3, 0.4) is 0 Å². The number of nitrogens with zero attached hydrogens (tertiary/aromatic N) is 2. The van der Waals surface area contributed by atoms with Gasteiger partial charge in [-0.2, -0.15) is 0 Å². The maximum atomic E-state index is 12.5. The second-order valence-corrected chi connectivity index (χ2v) is 5.42. The summed E-state index contributed by atoms with van der Waals surface area (Å²) in [5.74, 6) is 0.160. The predicted octanol–water partition coefficient (Wildman–Crippen LogP) is 2.13. The van der Waals surface area contributed by atoms with Crippen molar-refractivity contribution >= 4 is 24.0 Å². The first-order chi connectivity index (χ1) is 9.40. The highest BCUT2D eigenvalue weighted by Gasteiger charge is 2.30. The van der Waals surface area contributed by atoms with Crippen LogP contribution in [0.25, 0.3) is 0 Å². The number of benzene rings is 1. The van der Waals surface area contributed by atoms with Crippen molar-refractivity contribution in [3.63, 3.8) is 0 Å². The van der Waals surface area contributed by atoms with E-state index < -0.39 is 4.92 Å². The van der Waals surface area contributed by atoms with E-state index in [1.165, 1.54) is 12.1 Å². The Balaban J connectivity index is 0.00000220. The van der Waals surface area contributed by atoms with Crippen LogP contribution in [0, 0.1) is 23.0 Å². The Kier molecular flexibility index (Phi) is 5.69. The van der Waals surface area contributed by atoms with Gasteiger partial charge in [0, 0.05) is 36.8 Å². The molecule has 7 heteroatoms. The van der Waals surface area contributed by atoms with Gasteiger partial charge in [0.2, 0.25) is 0 Å². The molecule has 1 fully saturated rings. The zero-order valence-electron chi connectivity index (χ0n) is 12.1. The number of halogens is 1. The molecule has 0 bridgehead atoms. The first-order valence-electron chi connectivity index (χ1n) is 6.70. The van der Waals surface area contributed by atoms with E-state index in [-0.39, 0.29) is 30.0 Å². The summed E-state index contributed by atoms with van der Waals surface area (Å²) in [7, 11) is 0. The molecule has 6 nitrogen and oxygen atoms in total. The SMILES string of the molecule is Cc1ccc([N+](=O)[O-])cc1C(=O)N1CCC(C(C)N)C1.Cl. The molecule has 1 amide bonds. The van der Waals surface area contributed by atoms with Crippen LogP contribution in [-0.2, 0) is 0 Å². The smallest absolute Gasteiger partial charge is 0.270 e. The second-order valence-electron chi connectivity index (χ2n) is 5.42. The van der Waals surface area contributed by atoms with E-state index in [1.807, 2.05) is 6.92 Å². The molecular formula is C14H20ClN3O3. The van der Waals surface area contributed by atoms with Crippen molar-refractivity contribution in [3.05, 3.63) is 39.4 Å². The van der Waals surface area contributed by atoms with E-state index in [9.17, 15) is 14.9 Å². The zero-order chi connectivity index (χ0) is 14.9. The molecule has 2 N–H and O–H groups in total. The Morgan fingerprint density at radius 3 is 2.71 bits per heavy atom. The summed E-state index contributed by atoms with van der Waals surface area (Å²) >= 11 is 0. The summed E-state index contributed by atoms with van der Waals surface area (Å²) in [6, 6.07) is 4.45. The van der Waals surface area contributed by atoms with Crippen LogP contribution in [0.5, 0.6) is 0 Å². The van der Waals surface area contributed by atoms with Crippen molar-refractivity contribution in [3.8, 4) is 0 Å². The fourth-order valence-electron chi connectivity index (χ4n) is 2.53. The number of hydrogen-bond acceptors (Lipinski definition) is 4. The molecule has 1 heterocycles. The summed E-state index contributed by atoms with van der Waals surface area (Å²) in [4.78, 5) is 24.5. The maximum Gasteiger partial charge on any atom is 0.270 e. The van der Waals surface area contributed by atoms with Crippen LogP contribution >= 0.6 is 12.4 Å². The quantitative estimate of drug-likeness (QED) is 0.683. The van der Waals surface area contributed by atoms with Crippen LogP contribution in [0.1, 0.15) is 29.3 Å². The van der Waals surface area contributed by atoms with Gasteiger partial charge in [0.05, 0.1) is 4.92 Å². The highest BCUT2D eigenvalue weighted by atomic mass is 35.5. The third-order valence-corrected chi connectivity index (χ3v) is 3.92. The molecule has 21 heavy (non-hydrogen) atoms. The van der Waals surface area contributed by atoms with Crippen LogP contribution in [0.4, 0.5) is 5.69 Å². The van der Waals surface area contributed by atoms with E-state index >= 15 is 0 Å². The minimum absolute atomic E-state index is 0. The predicted molar refractivity (Wildman–Crippen MR) is 82.7 cm³/mol. The van der Waals surface area contributed by atoms with Crippen LogP contribution in [-0.4, -0.2) is 34.9 Å². The van der Waals surface area contributed by atoms with Crippen LogP contribution in [0.15, 0.2) is 18.2 Å². The summed E-state index contributed by atoms with van der Waals surface area (Å²) in [6.45, 7) is 5.01. The molecule has 1 saturated heterocycles. The highest BCUT2D eigenvalue weighted by molar-refractivity contribution is 5.96. The van der Waals surface area contributed by atoms with Crippen LogP contribution < -0.4 is 5.73 Å². The number of amides is 1. The summed E-state index contributed by atoms with van der Waals surface area (Å²) in [5.41, 5.74) is 6.97. The molecule has 1 aromatic carbocycles. The number of likely N-dealkylation sites (tertiary alicyclic amines) is 1. The molecule has 0 aromatic heterocycles. The monoisotopic (exact) mass is 313 g/mol. The Hall–Kier alpha value is -1.66. The number of carbonyl (C=O) groups is 1. The molecule has 2 rings (SSSR count). The third kappa shape index (κ3) is 3.71. The summed E-state index contributed by atoms with van der Waals surface area (Å²) < 4.78 is 0. The largest absolute Gasteiger partial charge is 0.338 e. The first kappa shape index (κ1) is 17.4. The standard InChI is InChI=1S/C14H19N3O3.ClH/c1-9-3-4-12(17(19)20)7-13(9)14(18)16-6-5-11(8-16)10(2)15;/h3-4,7,10-11H,5-6,8,15H2,1-2H3;1H. The van der Waals surface area contributed by atoms with Gasteiger partial charge in [-0.1, -0.05) is 6.07 Å². The fraction of sp³-hybridized carbons (Fsp3) is 0.500. The third-order valence-electron chi connectivity index (χ3n) is 3.92. The molecule has 116 valence electrons. The highest BCUT2D eigenvalue weighted by Crippen LogP contribution is 2.24. The molecule has 1 aliphatic heterocycles. The summed E-state index contributed by atoms with van der Waals surface area (Å²) in [6.07, 6.45) is 0.886. The van der Waals surface area contributed by atoms with Gasteiger partial charge in [-0.25, -0.2) is 0 Å². The molecular weight excluding hydrogens is 294 g/mol. The second kappa shape index (κ2) is 6.87. The molecule has 0 saturated carbocycles. The minimum Gasteiger partial charge on any atom is -0.338 e. The molecule has 0 aliphatic carbocycles. The van der Waals surface area contributed by atoms with Crippen molar-refractivity contribution in [2.45, 2.75) is 26.3 Å². The molecule has 2 unspecified atom stereocenters. The van der Waals surface area contributed by atoms with Crippen molar-refractivity contribution in [2.75, 3.05) is 13.1 Å². The van der Waals surface area contributed by atoms with Gasteiger partial charge in [-0.05, 0) is 31.7 Å². The van der Waals surface area contributed by atoms with Crippen molar-refractivity contribution in [2.24, 2.45) is 11.7 Å². The minimum atomic E-state index is -0.481. The topological polar surface area (TPSA) is 89.5 Å². The molecule has 2 atom stereocenters. The van der Waals surface area contributed by atoms with Crippen molar-refractivity contribution in [1.29, 1.82) is 0 Å². The average molecular weight is 314 g/mol. The number of nitrogens with two attached hydrogens (primary N) is 1. The van der Waals surface area contributed by atoms with Gasteiger partial charge in [0.15, 0.2) is 0 Å². The number of nitro benzene ring substituents is 1. The van der Waals surface area contributed by atoms with Crippen molar-refractivity contribution in [1.82, 2.24) is 4.90 Å². The Labute approximate surface area is 129 Å². The molecule has 0 radical (unpaired) electrons. The van der Waals surface area contributed by atoms with E-state index in [4.69, 9.17) is 5.73 Å². The van der Waals surface area contributed by atoms with Gasteiger partial charge in [0.25, 0.3) is 11.6 Å². The molecule has 0 spiro atoms. The number of aryl methyl sites for hydroxylation is 1. The van der Waals surface area contributed by atoms with Gasteiger partial charge < -0.3 is 10.6 Å². The lowest BCUT2D eigenvalue weighted by molar-refractivity contribution is -0.384. The lowest BCUT2D eigenvalue weighted by atomic mass is 10.0. The van der Waals surface area contributed by atoms with E-state index in [1.54, 1.807) is 17.9 Å². The number of nitro groups is 1.